The van der Waals surface area contributed by atoms with Gasteiger partial charge in [0.2, 0.25) is 6.79 Å². The second kappa shape index (κ2) is 6.28. The topological polar surface area (TPSA) is 51.2 Å². The van der Waals surface area contributed by atoms with Gasteiger partial charge in [-0.3, -0.25) is 4.90 Å². The van der Waals surface area contributed by atoms with Crippen molar-refractivity contribution in [2.45, 2.75) is 32.9 Å². The Labute approximate surface area is 136 Å². The van der Waals surface area contributed by atoms with Crippen LogP contribution >= 0.6 is 0 Å². The number of hydrogen-bond donors (Lipinski definition) is 0. The van der Waals surface area contributed by atoms with Gasteiger partial charge in [-0.25, -0.2) is 4.79 Å². The summed E-state index contributed by atoms with van der Waals surface area (Å²) in [5.74, 6) is 1.62. The first-order valence-corrected chi connectivity index (χ1v) is 7.99. The van der Waals surface area contributed by atoms with E-state index in [2.05, 4.69) is 11.0 Å². The number of hydrogen-bond acceptors (Lipinski definition) is 5. The lowest BCUT2D eigenvalue weighted by Gasteiger charge is -2.35. The van der Waals surface area contributed by atoms with Gasteiger partial charge in [0.1, 0.15) is 5.60 Å². The van der Waals surface area contributed by atoms with Crippen LogP contribution in [0.1, 0.15) is 26.3 Å². The fourth-order valence-electron chi connectivity index (χ4n) is 2.71. The fraction of sp³-hybridized carbons (Fsp3) is 0.588. The van der Waals surface area contributed by atoms with Gasteiger partial charge >= 0.3 is 6.09 Å². The van der Waals surface area contributed by atoms with Crippen molar-refractivity contribution in [1.29, 1.82) is 0 Å². The van der Waals surface area contributed by atoms with Gasteiger partial charge in [-0.05, 0) is 38.5 Å². The van der Waals surface area contributed by atoms with Gasteiger partial charge in [0.25, 0.3) is 0 Å². The third-order valence-corrected chi connectivity index (χ3v) is 3.87. The fourth-order valence-corrected chi connectivity index (χ4v) is 2.71. The molecule has 1 fully saturated rings. The smallest absolute Gasteiger partial charge is 0.410 e. The highest BCUT2D eigenvalue weighted by atomic mass is 16.7. The molecule has 1 aromatic carbocycles. The van der Waals surface area contributed by atoms with Crippen molar-refractivity contribution in [1.82, 2.24) is 9.80 Å². The quantitative estimate of drug-likeness (QED) is 0.838. The molecule has 0 aromatic heterocycles. The summed E-state index contributed by atoms with van der Waals surface area (Å²) in [5.41, 5.74) is 0.751. The molecule has 6 heteroatoms. The maximum Gasteiger partial charge on any atom is 0.410 e. The summed E-state index contributed by atoms with van der Waals surface area (Å²) < 4.78 is 16.2. The van der Waals surface area contributed by atoms with E-state index >= 15 is 0 Å². The summed E-state index contributed by atoms with van der Waals surface area (Å²) >= 11 is 0. The maximum atomic E-state index is 12.1. The number of ether oxygens (including phenoxy) is 3. The van der Waals surface area contributed by atoms with Crippen molar-refractivity contribution in [3.8, 4) is 11.5 Å². The highest BCUT2D eigenvalue weighted by Crippen LogP contribution is 2.32. The minimum Gasteiger partial charge on any atom is -0.454 e. The van der Waals surface area contributed by atoms with Crippen LogP contribution in [0.5, 0.6) is 11.5 Å². The average molecular weight is 320 g/mol. The van der Waals surface area contributed by atoms with E-state index in [-0.39, 0.29) is 6.09 Å². The highest BCUT2D eigenvalue weighted by Gasteiger charge is 2.26. The molecule has 6 nitrogen and oxygen atoms in total. The van der Waals surface area contributed by atoms with E-state index in [0.717, 1.165) is 31.1 Å². The molecule has 1 aromatic rings. The molecule has 0 aliphatic carbocycles. The van der Waals surface area contributed by atoms with E-state index in [1.54, 1.807) is 4.90 Å². The number of benzene rings is 1. The third-order valence-electron chi connectivity index (χ3n) is 3.87. The standard InChI is InChI=1S/C17H24N2O4/c1-17(2,3)23-16(20)19-8-6-18(7-9-19)11-13-4-5-14-15(10-13)22-12-21-14/h4-5,10H,6-9,11-12H2,1-3H3. The number of amides is 1. The van der Waals surface area contributed by atoms with Crippen LogP contribution in [-0.4, -0.2) is 54.5 Å². The molecule has 0 unspecified atom stereocenters. The van der Waals surface area contributed by atoms with E-state index < -0.39 is 5.60 Å². The Hall–Kier alpha value is -1.95. The molecule has 1 saturated heterocycles. The van der Waals surface area contributed by atoms with Gasteiger partial charge in [-0.15, -0.1) is 0 Å². The Kier molecular flexibility index (Phi) is 4.35. The van der Waals surface area contributed by atoms with Crippen molar-refractivity contribution in [3.05, 3.63) is 23.8 Å². The van der Waals surface area contributed by atoms with Crippen molar-refractivity contribution in [3.63, 3.8) is 0 Å². The maximum absolute atomic E-state index is 12.1. The van der Waals surface area contributed by atoms with Crippen LogP contribution < -0.4 is 9.47 Å². The lowest BCUT2D eigenvalue weighted by molar-refractivity contribution is 0.0139. The molecule has 1 amide bonds. The lowest BCUT2D eigenvalue weighted by Crippen LogP contribution is -2.49. The SMILES string of the molecule is CC(C)(C)OC(=O)N1CCN(Cc2ccc3c(c2)OCO3)CC1. The Bertz CT molecular complexity index is 574. The molecule has 2 aliphatic heterocycles. The Balaban J connectivity index is 1.50. The molecule has 0 spiro atoms. The van der Waals surface area contributed by atoms with Crippen LogP contribution in [0.2, 0.25) is 0 Å². The number of nitrogens with zero attached hydrogens (tertiary/aromatic N) is 2. The average Bonchev–Trinajstić information content (AvgIpc) is 2.94. The third kappa shape index (κ3) is 4.07. The number of fused-ring (bicyclic) bond motifs is 1. The zero-order valence-electron chi connectivity index (χ0n) is 14.0. The molecule has 2 heterocycles. The Morgan fingerprint density at radius 3 is 2.52 bits per heavy atom. The number of piperazine rings is 1. The highest BCUT2D eigenvalue weighted by molar-refractivity contribution is 5.68. The number of rotatable bonds is 2. The molecule has 23 heavy (non-hydrogen) atoms. The largest absolute Gasteiger partial charge is 0.454 e. The van der Waals surface area contributed by atoms with Crippen molar-refractivity contribution in [2.75, 3.05) is 33.0 Å². The molecular formula is C17H24N2O4. The van der Waals surface area contributed by atoms with Crippen LogP contribution in [0.4, 0.5) is 4.79 Å². The van der Waals surface area contributed by atoms with Crippen LogP contribution in [-0.2, 0) is 11.3 Å². The predicted molar refractivity (Wildman–Crippen MR) is 85.6 cm³/mol. The Morgan fingerprint density at radius 1 is 1.13 bits per heavy atom. The molecule has 0 atom stereocenters. The normalized spacial score (nSPS) is 18.1. The molecular weight excluding hydrogens is 296 g/mol. The predicted octanol–water partition coefficient (Wildman–Crippen LogP) is 2.47. The molecule has 126 valence electrons. The minimum absolute atomic E-state index is 0.222. The molecule has 3 rings (SSSR count). The first kappa shape index (κ1) is 15.9. The van der Waals surface area contributed by atoms with E-state index in [9.17, 15) is 4.79 Å². The van der Waals surface area contributed by atoms with Gasteiger partial charge in [0.15, 0.2) is 11.5 Å². The molecule has 2 aliphatic rings. The Morgan fingerprint density at radius 2 is 1.83 bits per heavy atom. The van der Waals surface area contributed by atoms with Crippen LogP contribution in [0, 0.1) is 0 Å². The van der Waals surface area contributed by atoms with Gasteiger partial charge in [0, 0.05) is 32.7 Å². The number of carbonyl (C=O) groups excluding carboxylic acids is 1. The van der Waals surface area contributed by atoms with Gasteiger partial charge < -0.3 is 19.1 Å². The lowest BCUT2D eigenvalue weighted by atomic mass is 10.1. The zero-order chi connectivity index (χ0) is 16.4. The van der Waals surface area contributed by atoms with E-state index in [4.69, 9.17) is 14.2 Å². The zero-order valence-corrected chi connectivity index (χ0v) is 14.0. The van der Waals surface area contributed by atoms with E-state index in [1.807, 2.05) is 32.9 Å². The van der Waals surface area contributed by atoms with Crippen LogP contribution in [0.25, 0.3) is 0 Å². The summed E-state index contributed by atoms with van der Waals surface area (Å²) in [7, 11) is 0. The van der Waals surface area contributed by atoms with Crippen molar-refractivity contribution >= 4 is 6.09 Å². The molecule has 0 saturated carbocycles. The van der Waals surface area contributed by atoms with Gasteiger partial charge in [-0.2, -0.15) is 0 Å². The summed E-state index contributed by atoms with van der Waals surface area (Å²) in [6.45, 7) is 9.88. The van der Waals surface area contributed by atoms with Crippen molar-refractivity contribution in [2.24, 2.45) is 0 Å². The summed E-state index contributed by atoms with van der Waals surface area (Å²) in [6.07, 6.45) is -0.222. The summed E-state index contributed by atoms with van der Waals surface area (Å²) in [6, 6.07) is 6.05. The molecule has 0 N–H and O–H groups in total. The van der Waals surface area contributed by atoms with E-state index in [0.29, 0.717) is 19.9 Å². The monoisotopic (exact) mass is 320 g/mol. The number of carbonyl (C=O) groups is 1. The summed E-state index contributed by atoms with van der Waals surface area (Å²) in [4.78, 5) is 16.2. The molecule has 0 bridgehead atoms. The van der Waals surface area contributed by atoms with Crippen molar-refractivity contribution < 1.29 is 19.0 Å². The first-order valence-electron chi connectivity index (χ1n) is 7.99. The van der Waals surface area contributed by atoms with Gasteiger partial charge in [-0.1, -0.05) is 6.07 Å². The van der Waals surface area contributed by atoms with Gasteiger partial charge in [0.05, 0.1) is 0 Å². The second-order valence-electron chi connectivity index (χ2n) is 6.93. The summed E-state index contributed by atoms with van der Waals surface area (Å²) in [5, 5.41) is 0. The van der Waals surface area contributed by atoms with Crippen LogP contribution in [0.3, 0.4) is 0 Å². The first-order chi connectivity index (χ1) is 10.9. The van der Waals surface area contributed by atoms with E-state index in [1.165, 1.54) is 5.56 Å². The van der Waals surface area contributed by atoms with Crippen LogP contribution in [0.15, 0.2) is 18.2 Å². The second-order valence-corrected chi connectivity index (χ2v) is 6.93. The minimum atomic E-state index is -0.444. The molecule has 0 radical (unpaired) electrons.